The Kier molecular flexibility index (Phi) is 5.40. The van der Waals surface area contributed by atoms with Crippen LogP contribution in [-0.4, -0.2) is 38.3 Å². The van der Waals surface area contributed by atoms with E-state index in [-0.39, 0.29) is 6.03 Å². The normalized spacial score (nSPS) is 15.3. The number of thioether (sulfide) groups is 1. The van der Waals surface area contributed by atoms with Crippen LogP contribution in [0.2, 0.25) is 0 Å². The van der Waals surface area contributed by atoms with Crippen molar-refractivity contribution in [2.45, 2.75) is 44.0 Å². The maximum absolute atomic E-state index is 12.1. The fraction of sp³-hybridized carbons (Fsp3) is 0.600. The van der Waals surface area contributed by atoms with Gasteiger partial charge in [0.2, 0.25) is 0 Å². The molecule has 0 saturated heterocycles. The summed E-state index contributed by atoms with van der Waals surface area (Å²) >= 11 is 3.17. The van der Waals surface area contributed by atoms with Gasteiger partial charge in [-0.3, -0.25) is 5.32 Å². The zero-order valence-corrected chi connectivity index (χ0v) is 15.7. The minimum Gasteiger partial charge on any atom is -0.337 e. The number of carbonyl (C=O) groups excluding carboxylic acids is 1. The van der Waals surface area contributed by atoms with Gasteiger partial charge in [0, 0.05) is 18.4 Å². The van der Waals surface area contributed by atoms with Crippen LogP contribution in [0.15, 0.2) is 10.4 Å². The van der Waals surface area contributed by atoms with Gasteiger partial charge in [0.25, 0.3) is 0 Å². The van der Waals surface area contributed by atoms with Gasteiger partial charge in [-0.2, -0.15) is 5.10 Å². The Bertz CT molecular complexity index is 709. The summed E-state index contributed by atoms with van der Waals surface area (Å²) in [5.41, 5.74) is 0.917. The quantitative estimate of drug-likeness (QED) is 0.580. The Balaban J connectivity index is 1.46. The highest BCUT2D eigenvalue weighted by Gasteiger charge is 2.31. The standard InChI is InChI=1S/C15H22N6OS2/c1-9-8-13(21(20-9)10(2)12-4-5-12)17-14(22)16-6-7-23-15-19-18-11(3)24-15/h8,10,12H,4-7H2,1-3H3,(H2,16,17,22)/t10-/m1/s1. The molecule has 2 aromatic rings. The highest BCUT2D eigenvalue weighted by atomic mass is 32.2. The van der Waals surface area contributed by atoms with E-state index in [9.17, 15) is 4.79 Å². The molecule has 0 aliphatic heterocycles. The lowest BCUT2D eigenvalue weighted by molar-refractivity contribution is 0.252. The minimum atomic E-state index is -0.201. The molecule has 0 aromatic carbocycles. The van der Waals surface area contributed by atoms with E-state index in [1.165, 1.54) is 12.8 Å². The number of anilines is 1. The second-order valence-corrected chi connectivity index (χ2v) is 8.53. The van der Waals surface area contributed by atoms with Crippen molar-refractivity contribution < 1.29 is 4.79 Å². The average Bonchev–Trinajstić information content (AvgIpc) is 3.21. The first kappa shape index (κ1) is 17.2. The van der Waals surface area contributed by atoms with Crippen LogP contribution in [0.3, 0.4) is 0 Å². The molecule has 2 amide bonds. The van der Waals surface area contributed by atoms with Gasteiger partial charge in [-0.05, 0) is 39.5 Å². The Morgan fingerprint density at radius 3 is 2.92 bits per heavy atom. The molecule has 7 nitrogen and oxygen atoms in total. The number of aryl methyl sites for hydroxylation is 2. The Morgan fingerprint density at radius 2 is 2.25 bits per heavy atom. The fourth-order valence-corrected chi connectivity index (χ4v) is 4.24. The summed E-state index contributed by atoms with van der Waals surface area (Å²) in [6.45, 7) is 6.61. The van der Waals surface area contributed by atoms with Crippen LogP contribution in [-0.2, 0) is 0 Å². The summed E-state index contributed by atoms with van der Waals surface area (Å²) in [6, 6.07) is 2.04. The summed E-state index contributed by atoms with van der Waals surface area (Å²) in [5, 5.41) is 19.3. The van der Waals surface area contributed by atoms with E-state index in [1.807, 2.05) is 24.6 Å². The van der Waals surface area contributed by atoms with Crippen LogP contribution in [0.4, 0.5) is 10.6 Å². The number of urea groups is 1. The van der Waals surface area contributed by atoms with E-state index >= 15 is 0 Å². The van der Waals surface area contributed by atoms with Crippen molar-refractivity contribution in [3.05, 3.63) is 16.8 Å². The monoisotopic (exact) mass is 366 g/mol. The summed E-state index contributed by atoms with van der Waals surface area (Å²) < 4.78 is 2.87. The number of rotatable bonds is 7. The molecule has 2 heterocycles. The van der Waals surface area contributed by atoms with E-state index < -0.39 is 0 Å². The lowest BCUT2D eigenvalue weighted by atomic mass is 10.2. The second-order valence-electron chi connectivity index (χ2n) is 6.01. The molecular weight excluding hydrogens is 344 g/mol. The third-order valence-electron chi connectivity index (χ3n) is 3.91. The largest absolute Gasteiger partial charge is 0.337 e. The first-order chi connectivity index (χ1) is 11.5. The van der Waals surface area contributed by atoms with Crippen LogP contribution < -0.4 is 10.6 Å². The van der Waals surface area contributed by atoms with Crippen molar-refractivity contribution in [3.63, 3.8) is 0 Å². The molecular formula is C15H22N6OS2. The minimum absolute atomic E-state index is 0.201. The van der Waals surface area contributed by atoms with Gasteiger partial charge in [-0.15, -0.1) is 10.2 Å². The molecule has 0 bridgehead atoms. The van der Waals surface area contributed by atoms with Crippen LogP contribution in [0, 0.1) is 19.8 Å². The van der Waals surface area contributed by atoms with Crippen molar-refractivity contribution in [1.29, 1.82) is 0 Å². The maximum atomic E-state index is 12.1. The van der Waals surface area contributed by atoms with Crippen molar-refractivity contribution >= 4 is 34.9 Å². The van der Waals surface area contributed by atoms with Crippen LogP contribution in [0.25, 0.3) is 0 Å². The molecule has 2 aromatic heterocycles. The zero-order valence-electron chi connectivity index (χ0n) is 14.1. The van der Waals surface area contributed by atoms with Gasteiger partial charge in [-0.25, -0.2) is 9.48 Å². The Hall–Kier alpha value is -1.61. The molecule has 24 heavy (non-hydrogen) atoms. The van der Waals surface area contributed by atoms with Crippen LogP contribution in [0.5, 0.6) is 0 Å². The molecule has 1 aliphatic carbocycles. The molecule has 0 radical (unpaired) electrons. The van der Waals surface area contributed by atoms with Crippen molar-refractivity contribution in [2.24, 2.45) is 5.92 Å². The summed E-state index contributed by atoms with van der Waals surface area (Å²) in [4.78, 5) is 12.1. The molecule has 0 unspecified atom stereocenters. The van der Waals surface area contributed by atoms with E-state index in [2.05, 4.69) is 32.9 Å². The molecule has 1 aliphatic rings. The van der Waals surface area contributed by atoms with Crippen molar-refractivity contribution in [1.82, 2.24) is 25.3 Å². The number of amides is 2. The Morgan fingerprint density at radius 1 is 1.46 bits per heavy atom. The van der Waals surface area contributed by atoms with E-state index in [4.69, 9.17) is 0 Å². The lowest BCUT2D eigenvalue weighted by Gasteiger charge is -2.15. The molecule has 3 rings (SSSR count). The number of hydrogen-bond donors (Lipinski definition) is 2. The SMILES string of the molecule is Cc1cc(NC(=O)NCCSc2nnc(C)s2)n([C@H](C)C2CC2)n1. The number of hydrogen-bond acceptors (Lipinski definition) is 6. The van der Waals surface area contributed by atoms with E-state index in [1.54, 1.807) is 23.1 Å². The van der Waals surface area contributed by atoms with Crippen LogP contribution in [0.1, 0.15) is 36.5 Å². The zero-order chi connectivity index (χ0) is 17.1. The predicted molar refractivity (Wildman–Crippen MR) is 96.8 cm³/mol. The van der Waals surface area contributed by atoms with Crippen LogP contribution >= 0.6 is 23.1 Å². The molecule has 0 spiro atoms. The van der Waals surface area contributed by atoms with Gasteiger partial charge in [-0.1, -0.05) is 23.1 Å². The first-order valence-corrected chi connectivity index (χ1v) is 9.87. The predicted octanol–water partition coefficient (Wildman–Crippen LogP) is 3.24. The highest BCUT2D eigenvalue weighted by molar-refractivity contribution is 8.01. The number of nitrogens with zero attached hydrogens (tertiary/aromatic N) is 4. The Labute approximate surface area is 149 Å². The lowest BCUT2D eigenvalue weighted by Crippen LogP contribution is -2.31. The number of aromatic nitrogens is 4. The highest BCUT2D eigenvalue weighted by Crippen LogP contribution is 2.40. The third kappa shape index (κ3) is 4.47. The smallest absolute Gasteiger partial charge is 0.320 e. The summed E-state index contributed by atoms with van der Waals surface area (Å²) in [7, 11) is 0. The first-order valence-electron chi connectivity index (χ1n) is 8.07. The second kappa shape index (κ2) is 7.52. The summed E-state index contributed by atoms with van der Waals surface area (Å²) in [6.07, 6.45) is 2.49. The van der Waals surface area contributed by atoms with Gasteiger partial charge >= 0.3 is 6.03 Å². The molecule has 9 heteroatoms. The van der Waals surface area contributed by atoms with Gasteiger partial charge in [0.1, 0.15) is 10.8 Å². The van der Waals surface area contributed by atoms with Crippen molar-refractivity contribution in [2.75, 3.05) is 17.6 Å². The van der Waals surface area contributed by atoms with Gasteiger partial charge < -0.3 is 5.32 Å². The number of nitrogens with one attached hydrogen (secondary N) is 2. The molecule has 2 N–H and O–H groups in total. The molecule has 1 atom stereocenters. The van der Waals surface area contributed by atoms with E-state index in [0.717, 1.165) is 26.6 Å². The average molecular weight is 367 g/mol. The molecule has 130 valence electrons. The fourth-order valence-electron chi connectivity index (χ4n) is 2.50. The van der Waals surface area contributed by atoms with E-state index in [0.29, 0.717) is 18.5 Å². The number of carbonyl (C=O) groups is 1. The summed E-state index contributed by atoms with van der Waals surface area (Å²) in [5.74, 6) is 2.20. The van der Waals surface area contributed by atoms with Crippen molar-refractivity contribution in [3.8, 4) is 0 Å². The molecule has 1 saturated carbocycles. The topological polar surface area (TPSA) is 84.7 Å². The molecule has 1 fully saturated rings. The maximum Gasteiger partial charge on any atom is 0.320 e. The van der Waals surface area contributed by atoms with Gasteiger partial charge in [0.15, 0.2) is 4.34 Å². The third-order valence-corrected chi connectivity index (χ3v) is 5.88. The van der Waals surface area contributed by atoms with Gasteiger partial charge in [0.05, 0.1) is 11.7 Å².